The zero-order valence-corrected chi connectivity index (χ0v) is 8.49. The molecule has 0 saturated carbocycles. The van der Waals surface area contributed by atoms with Gasteiger partial charge in [-0.15, -0.1) is 0 Å². The lowest BCUT2D eigenvalue weighted by Gasteiger charge is -2.25. The van der Waals surface area contributed by atoms with Crippen LogP contribution in [0, 0.1) is 0 Å². The number of thiocarbonyl (C=S) groups is 1. The summed E-state index contributed by atoms with van der Waals surface area (Å²) in [4.78, 5) is 2.09. The monoisotopic (exact) mass is 188 g/mol. The van der Waals surface area contributed by atoms with Crippen LogP contribution in [0.5, 0.6) is 0 Å². The molecular weight excluding hydrogens is 172 g/mol. The first-order valence-electron chi connectivity index (χ1n) is 4.34. The molecule has 1 unspecified atom stereocenters. The van der Waals surface area contributed by atoms with Crippen LogP contribution in [0.3, 0.4) is 0 Å². The Bertz CT molecular complexity index is 157. The number of ether oxygens (including phenoxy) is 1. The van der Waals surface area contributed by atoms with Crippen molar-refractivity contribution >= 4 is 17.3 Å². The molecule has 1 saturated heterocycles. The van der Waals surface area contributed by atoms with E-state index in [0.717, 1.165) is 31.3 Å². The maximum Gasteiger partial charge on any atom is 0.168 e. The van der Waals surface area contributed by atoms with Gasteiger partial charge in [0, 0.05) is 20.2 Å². The SMILES string of the molecule is CCNC(=S)N(C)C1CCOC1. The maximum absolute atomic E-state index is 5.28. The van der Waals surface area contributed by atoms with Crippen LogP contribution in [-0.2, 0) is 4.74 Å². The fourth-order valence-corrected chi connectivity index (χ4v) is 1.56. The number of rotatable bonds is 2. The smallest absolute Gasteiger partial charge is 0.168 e. The van der Waals surface area contributed by atoms with Crippen molar-refractivity contribution in [1.29, 1.82) is 0 Å². The van der Waals surface area contributed by atoms with Gasteiger partial charge in [-0.05, 0) is 25.6 Å². The van der Waals surface area contributed by atoms with Gasteiger partial charge in [0.25, 0.3) is 0 Å². The van der Waals surface area contributed by atoms with Crippen molar-refractivity contribution in [1.82, 2.24) is 10.2 Å². The highest BCUT2D eigenvalue weighted by atomic mass is 32.1. The number of nitrogens with one attached hydrogen (secondary N) is 1. The first kappa shape index (κ1) is 9.74. The van der Waals surface area contributed by atoms with Gasteiger partial charge in [0.2, 0.25) is 0 Å². The summed E-state index contributed by atoms with van der Waals surface area (Å²) in [6, 6.07) is 0.469. The minimum absolute atomic E-state index is 0.469. The van der Waals surface area contributed by atoms with E-state index >= 15 is 0 Å². The Morgan fingerprint density at radius 1 is 1.75 bits per heavy atom. The molecule has 0 aromatic heterocycles. The zero-order chi connectivity index (χ0) is 8.97. The van der Waals surface area contributed by atoms with Gasteiger partial charge >= 0.3 is 0 Å². The van der Waals surface area contributed by atoms with Crippen molar-refractivity contribution in [3.63, 3.8) is 0 Å². The Morgan fingerprint density at radius 2 is 2.50 bits per heavy atom. The average molecular weight is 188 g/mol. The molecule has 1 aliphatic heterocycles. The largest absolute Gasteiger partial charge is 0.379 e. The molecule has 3 nitrogen and oxygen atoms in total. The molecular formula is C8H16N2OS. The Kier molecular flexibility index (Phi) is 3.75. The Labute approximate surface area is 79.1 Å². The predicted octanol–water partition coefficient (Wildman–Crippen LogP) is 0.602. The molecule has 1 atom stereocenters. The van der Waals surface area contributed by atoms with Crippen molar-refractivity contribution < 1.29 is 4.74 Å². The number of nitrogens with zero attached hydrogens (tertiary/aromatic N) is 1. The summed E-state index contributed by atoms with van der Waals surface area (Å²) in [7, 11) is 2.02. The molecule has 70 valence electrons. The molecule has 1 aliphatic rings. The molecule has 1 heterocycles. The highest BCUT2D eigenvalue weighted by molar-refractivity contribution is 7.80. The Balaban J connectivity index is 2.34. The normalized spacial score (nSPS) is 22.3. The second-order valence-electron chi connectivity index (χ2n) is 2.96. The molecule has 1 rings (SSSR count). The third-order valence-electron chi connectivity index (χ3n) is 2.10. The summed E-state index contributed by atoms with van der Waals surface area (Å²) in [6.45, 7) is 4.60. The topological polar surface area (TPSA) is 24.5 Å². The van der Waals surface area contributed by atoms with Crippen LogP contribution in [0.1, 0.15) is 13.3 Å². The van der Waals surface area contributed by atoms with Gasteiger partial charge in [-0.2, -0.15) is 0 Å². The van der Waals surface area contributed by atoms with E-state index in [2.05, 4.69) is 10.2 Å². The lowest BCUT2D eigenvalue weighted by molar-refractivity contribution is 0.179. The van der Waals surface area contributed by atoms with Gasteiger partial charge in [0.15, 0.2) is 5.11 Å². The fourth-order valence-electron chi connectivity index (χ4n) is 1.27. The van der Waals surface area contributed by atoms with Crippen LogP contribution in [0.25, 0.3) is 0 Å². The number of likely N-dealkylation sites (N-methyl/N-ethyl adjacent to an activating group) is 1. The molecule has 12 heavy (non-hydrogen) atoms. The van der Waals surface area contributed by atoms with E-state index < -0.39 is 0 Å². The molecule has 0 aromatic carbocycles. The van der Waals surface area contributed by atoms with E-state index in [4.69, 9.17) is 17.0 Å². The van der Waals surface area contributed by atoms with Gasteiger partial charge in [-0.3, -0.25) is 0 Å². The van der Waals surface area contributed by atoms with Gasteiger partial charge in [-0.1, -0.05) is 0 Å². The molecule has 4 heteroatoms. The zero-order valence-electron chi connectivity index (χ0n) is 7.67. The highest BCUT2D eigenvalue weighted by Crippen LogP contribution is 2.10. The Hall–Kier alpha value is -0.350. The van der Waals surface area contributed by atoms with E-state index in [9.17, 15) is 0 Å². The van der Waals surface area contributed by atoms with E-state index in [1.165, 1.54) is 0 Å². The van der Waals surface area contributed by atoms with Crippen molar-refractivity contribution in [3.05, 3.63) is 0 Å². The quantitative estimate of drug-likeness (QED) is 0.641. The van der Waals surface area contributed by atoms with Gasteiger partial charge in [-0.25, -0.2) is 0 Å². The molecule has 0 spiro atoms. The molecule has 0 bridgehead atoms. The highest BCUT2D eigenvalue weighted by Gasteiger charge is 2.21. The van der Waals surface area contributed by atoms with Crippen LogP contribution >= 0.6 is 12.2 Å². The van der Waals surface area contributed by atoms with Gasteiger partial charge in [0.1, 0.15) is 0 Å². The lowest BCUT2D eigenvalue weighted by atomic mass is 10.2. The summed E-state index contributed by atoms with van der Waals surface area (Å²) in [6.07, 6.45) is 1.09. The van der Waals surface area contributed by atoms with E-state index in [0.29, 0.717) is 6.04 Å². The van der Waals surface area contributed by atoms with Gasteiger partial charge < -0.3 is 15.0 Å². The standard InChI is InChI=1S/C8H16N2OS/c1-3-9-8(12)10(2)7-4-5-11-6-7/h7H,3-6H2,1-2H3,(H,9,12). The number of hydrogen-bond acceptors (Lipinski definition) is 2. The van der Waals surface area contributed by atoms with Crippen LogP contribution in [-0.4, -0.2) is 42.9 Å². The molecule has 0 radical (unpaired) electrons. The molecule has 0 aliphatic carbocycles. The maximum atomic E-state index is 5.28. The fraction of sp³-hybridized carbons (Fsp3) is 0.875. The minimum Gasteiger partial charge on any atom is -0.379 e. The van der Waals surface area contributed by atoms with E-state index in [-0.39, 0.29) is 0 Å². The van der Waals surface area contributed by atoms with Crippen LogP contribution in [0.15, 0.2) is 0 Å². The first-order chi connectivity index (χ1) is 5.75. The predicted molar refractivity (Wildman–Crippen MR) is 53.3 cm³/mol. The van der Waals surface area contributed by atoms with Crippen molar-refractivity contribution in [2.45, 2.75) is 19.4 Å². The second-order valence-corrected chi connectivity index (χ2v) is 3.35. The molecule has 0 amide bonds. The summed E-state index contributed by atoms with van der Waals surface area (Å²) < 4.78 is 5.28. The summed E-state index contributed by atoms with van der Waals surface area (Å²) in [5.74, 6) is 0. The third-order valence-corrected chi connectivity index (χ3v) is 2.53. The molecule has 1 fully saturated rings. The first-order valence-corrected chi connectivity index (χ1v) is 4.75. The minimum atomic E-state index is 0.469. The van der Waals surface area contributed by atoms with Crippen LogP contribution in [0.2, 0.25) is 0 Å². The molecule has 1 N–H and O–H groups in total. The van der Waals surface area contributed by atoms with Crippen molar-refractivity contribution in [3.8, 4) is 0 Å². The van der Waals surface area contributed by atoms with Crippen molar-refractivity contribution in [2.75, 3.05) is 26.8 Å². The second kappa shape index (κ2) is 4.62. The van der Waals surface area contributed by atoms with Crippen molar-refractivity contribution in [2.24, 2.45) is 0 Å². The summed E-state index contributed by atoms with van der Waals surface area (Å²) in [5.41, 5.74) is 0. The van der Waals surface area contributed by atoms with E-state index in [1.54, 1.807) is 0 Å². The van der Waals surface area contributed by atoms with Crippen LogP contribution < -0.4 is 5.32 Å². The summed E-state index contributed by atoms with van der Waals surface area (Å²) >= 11 is 5.17. The average Bonchev–Trinajstić information content (AvgIpc) is 2.55. The Morgan fingerprint density at radius 3 is 3.00 bits per heavy atom. The molecule has 0 aromatic rings. The van der Waals surface area contributed by atoms with E-state index in [1.807, 2.05) is 14.0 Å². The van der Waals surface area contributed by atoms with Crippen LogP contribution in [0.4, 0.5) is 0 Å². The lowest BCUT2D eigenvalue weighted by Crippen LogP contribution is -2.43. The third kappa shape index (κ3) is 2.32. The number of hydrogen-bond donors (Lipinski definition) is 1. The summed E-state index contributed by atoms with van der Waals surface area (Å²) in [5, 5.41) is 3.95. The van der Waals surface area contributed by atoms with Gasteiger partial charge in [0.05, 0.1) is 12.6 Å².